The summed E-state index contributed by atoms with van der Waals surface area (Å²) in [6.07, 6.45) is 0. The number of hydrogen-bond acceptors (Lipinski definition) is 6. The fraction of sp³-hybridized carbons (Fsp3) is 0.0500. The van der Waals surface area contributed by atoms with Crippen molar-refractivity contribution in [1.29, 1.82) is 0 Å². The number of benzene rings is 2. The van der Waals surface area contributed by atoms with Gasteiger partial charge in [-0.25, -0.2) is 4.79 Å². The van der Waals surface area contributed by atoms with Gasteiger partial charge in [0.05, 0.1) is 23.7 Å². The molecule has 0 bridgehead atoms. The molecule has 0 aliphatic rings. The SMILES string of the molecule is COC(=O)c1ccccc1NC(=O)c1cc2c(=O)c3ccccc3oc2o1. The number of carbonyl (C=O) groups excluding carboxylic acids is 2. The van der Waals surface area contributed by atoms with Gasteiger partial charge < -0.3 is 18.9 Å². The zero-order chi connectivity index (χ0) is 19.0. The second kappa shape index (κ2) is 6.45. The predicted molar refractivity (Wildman–Crippen MR) is 98.0 cm³/mol. The van der Waals surface area contributed by atoms with Gasteiger partial charge >= 0.3 is 11.7 Å². The van der Waals surface area contributed by atoms with Gasteiger partial charge in [-0.05, 0) is 24.3 Å². The summed E-state index contributed by atoms with van der Waals surface area (Å²) in [4.78, 5) is 36.9. The third-order valence-corrected chi connectivity index (χ3v) is 4.08. The van der Waals surface area contributed by atoms with Crippen LogP contribution < -0.4 is 10.7 Å². The summed E-state index contributed by atoms with van der Waals surface area (Å²) in [5.74, 6) is -1.36. The maximum Gasteiger partial charge on any atom is 0.339 e. The highest BCUT2D eigenvalue weighted by Gasteiger charge is 2.20. The summed E-state index contributed by atoms with van der Waals surface area (Å²) in [5, 5.41) is 3.15. The van der Waals surface area contributed by atoms with Crippen LogP contribution in [0, 0.1) is 0 Å². The van der Waals surface area contributed by atoms with E-state index in [-0.39, 0.29) is 33.6 Å². The number of hydrogen-bond donors (Lipinski definition) is 1. The lowest BCUT2D eigenvalue weighted by Crippen LogP contribution is -2.14. The fourth-order valence-corrected chi connectivity index (χ4v) is 2.77. The summed E-state index contributed by atoms with van der Waals surface area (Å²) < 4.78 is 15.7. The third-order valence-electron chi connectivity index (χ3n) is 4.08. The minimum Gasteiger partial charge on any atom is -0.465 e. The van der Waals surface area contributed by atoms with E-state index in [1.54, 1.807) is 42.5 Å². The van der Waals surface area contributed by atoms with E-state index in [2.05, 4.69) is 5.32 Å². The molecule has 1 N–H and O–H groups in total. The number of amides is 1. The van der Waals surface area contributed by atoms with Crippen LogP contribution in [0.25, 0.3) is 22.1 Å². The first-order valence-corrected chi connectivity index (χ1v) is 8.02. The van der Waals surface area contributed by atoms with Crippen molar-refractivity contribution in [2.45, 2.75) is 0 Å². The molecule has 27 heavy (non-hydrogen) atoms. The zero-order valence-corrected chi connectivity index (χ0v) is 14.1. The quantitative estimate of drug-likeness (QED) is 0.559. The Hall–Kier alpha value is -3.87. The van der Waals surface area contributed by atoms with Gasteiger partial charge in [0.15, 0.2) is 5.76 Å². The van der Waals surface area contributed by atoms with Crippen LogP contribution in [0.4, 0.5) is 5.69 Å². The van der Waals surface area contributed by atoms with Gasteiger partial charge in [-0.2, -0.15) is 0 Å². The van der Waals surface area contributed by atoms with Crippen molar-refractivity contribution in [1.82, 2.24) is 0 Å². The van der Waals surface area contributed by atoms with E-state index in [0.717, 1.165) is 0 Å². The smallest absolute Gasteiger partial charge is 0.339 e. The van der Waals surface area contributed by atoms with Crippen molar-refractivity contribution in [3.05, 3.63) is 76.1 Å². The normalized spacial score (nSPS) is 10.9. The summed E-state index contributed by atoms with van der Waals surface area (Å²) in [6.45, 7) is 0. The highest BCUT2D eigenvalue weighted by Crippen LogP contribution is 2.23. The molecule has 0 aliphatic heterocycles. The first kappa shape index (κ1) is 16.6. The van der Waals surface area contributed by atoms with Crippen LogP contribution >= 0.6 is 0 Å². The van der Waals surface area contributed by atoms with Crippen LogP contribution in [0.5, 0.6) is 0 Å². The van der Waals surface area contributed by atoms with Crippen molar-refractivity contribution in [3.8, 4) is 0 Å². The number of nitrogens with one attached hydrogen (secondary N) is 1. The van der Waals surface area contributed by atoms with Crippen molar-refractivity contribution in [2.75, 3.05) is 12.4 Å². The van der Waals surface area contributed by atoms with Crippen LogP contribution in [0.2, 0.25) is 0 Å². The Kier molecular flexibility index (Phi) is 3.97. The highest BCUT2D eigenvalue weighted by atomic mass is 16.5. The van der Waals surface area contributed by atoms with E-state index in [9.17, 15) is 14.4 Å². The molecule has 1 amide bonds. The average Bonchev–Trinajstić information content (AvgIpc) is 3.12. The van der Waals surface area contributed by atoms with Crippen LogP contribution in [0.1, 0.15) is 20.9 Å². The molecule has 0 saturated carbocycles. The van der Waals surface area contributed by atoms with Crippen LogP contribution in [-0.2, 0) is 4.74 Å². The maximum atomic E-state index is 12.6. The highest BCUT2D eigenvalue weighted by molar-refractivity contribution is 6.08. The fourth-order valence-electron chi connectivity index (χ4n) is 2.77. The summed E-state index contributed by atoms with van der Waals surface area (Å²) in [6, 6.07) is 14.5. The molecule has 7 nitrogen and oxygen atoms in total. The Labute approximate surface area is 152 Å². The summed E-state index contributed by atoms with van der Waals surface area (Å²) >= 11 is 0. The molecular weight excluding hydrogens is 350 g/mol. The number of rotatable bonds is 3. The molecule has 4 rings (SSSR count). The predicted octanol–water partition coefficient (Wildman–Crippen LogP) is 3.58. The number of fused-ring (bicyclic) bond motifs is 2. The molecule has 2 aromatic carbocycles. The average molecular weight is 363 g/mol. The molecule has 7 heteroatoms. The van der Waals surface area contributed by atoms with E-state index in [0.29, 0.717) is 11.0 Å². The standard InChI is InChI=1S/C20H13NO6/c1-25-19(24)11-6-2-4-8-14(11)21-18(23)16-10-13-17(22)12-7-3-5-9-15(12)26-20(13)27-16/h2-10H,1H3,(H,21,23). The monoisotopic (exact) mass is 363 g/mol. The minimum absolute atomic E-state index is 0.0369. The number of ether oxygens (including phenoxy) is 1. The second-order valence-corrected chi connectivity index (χ2v) is 5.73. The van der Waals surface area contributed by atoms with Gasteiger partial charge in [0.25, 0.3) is 5.91 Å². The Balaban J connectivity index is 1.74. The van der Waals surface area contributed by atoms with Crippen molar-refractivity contribution in [3.63, 3.8) is 0 Å². The van der Waals surface area contributed by atoms with Crippen molar-refractivity contribution < 1.29 is 23.2 Å². The number of esters is 1. The van der Waals surface area contributed by atoms with E-state index in [1.807, 2.05) is 0 Å². The molecule has 0 atom stereocenters. The summed E-state index contributed by atoms with van der Waals surface area (Å²) in [5.41, 5.74) is 0.542. The molecule has 134 valence electrons. The van der Waals surface area contributed by atoms with E-state index in [1.165, 1.54) is 19.2 Å². The van der Waals surface area contributed by atoms with Crippen molar-refractivity contribution >= 4 is 39.7 Å². The van der Waals surface area contributed by atoms with E-state index in [4.69, 9.17) is 13.6 Å². The molecule has 0 fully saturated rings. The van der Waals surface area contributed by atoms with Crippen LogP contribution in [-0.4, -0.2) is 19.0 Å². The topological polar surface area (TPSA) is 98.8 Å². The number of anilines is 1. The largest absolute Gasteiger partial charge is 0.465 e. The third kappa shape index (κ3) is 2.85. The summed E-state index contributed by atoms with van der Waals surface area (Å²) in [7, 11) is 1.25. The molecule has 0 aliphatic carbocycles. The van der Waals surface area contributed by atoms with Gasteiger partial charge in [0.1, 0.15) is 11.0 Å². The lowest BCUT2D eigenvalue weighted by molar-refractivity contribution is 0.0602. The second-order valence-electron chi connectivity index (χ2n) is 5.73. The lowest BCUT2D eigenvalue weighted by atomic mass is 10.1. The molecular formula is C20H13NO6. The first-order chi connectivity index (χ1) is 13.1. The van der Waals surface area contributed by atoms with Gasteiger partial charge in [0, 0.05) is 6.07 Å². The lowest BCUT2D eigenvalue weighted by Gasteiger charge is -2.08. The molecule has 0 spiro atoms. The molecule has 0 radical (unpaired) electrons. The van der Waals surface area contributed by atoms with Gasteiger partial charge in [0.2, 0.25) is 5.43 Å². The molecule has 4 aromatic rings. The maximum absolute atomic E-state index is 12.6. The van der Waals surface area contributed by atoms with E-state index >= 15 is 0 Å². The van der Waals surface area contributed by atoms with Crippen LogP contribution in [0.3, 0.4) is 0 Å². The molecule has 2 aromatic heterocycles. The Morgan fingerprint density at radius 2 is 1.70 bits per heavy atom. The van der Waals surface area contributed by atoms with Gasteiger partial charge in [-0.1, -0.05) is 24.3 Å². The Morgan fingerprint density at radius 1 is 0.963 bits per heavy atom. The first-order valence-electron chi connectivity index (χ1n) is 8.02. The molecule has 2 heterocycles. The van der Waals surface area contributed by atoms with Gasteiger partial charge in [-0.3, -0.25) is 9.59 Å². The van der Waals surface area contributed by atoms with Crippen LogP contribution in [0.15, 0.2) is 68.2 Å². The number of furan rings is 1. The van der Waals surface area contributed by atoms with Crippen molar-refractivity contribution in [2.24, 2.45) is 0 Å². The number of para-hydroxylation sites is 2. The number of carbonyl (C=O) groups is 2. The zero-order valence-electron chi connectivity index (χ0n) is 14.1. The minimum atomic E-state index is -0.624. The van der Waals surface area contributed by atoms with E-state index < -0.39 is 11.9 Å². The Morgan fingerprint density at radius 3 is 2.52 bits per heavy atom. The molecule has 0 unspecified atom stereocenters. The Bertz CT molecular complexity index is 1250. The molecule has 0 saturated heterocycles. The number of methoxy groups -OCH3 is 1. The van der Waals surface area contributed by atoms with Gasteiger partial charge in [-0.15, -0.1) is 0 Å².